The second-order valence-electron chi connectivity index (χ2n) is 7.42. The molecule has 2 atom stereocenters. The van der Waals surface area contributed by atoms with Gasteiger partial charge >= 0.3 is 6.09 Å². The van der Waals surface area contributed by atoms with E-state index < -0.39 is 5.60 Å². The molecule has 0 saturated heterocycles. The number of hydrogen-bond donors (Lipinski definition) is 2. The Labute approximate surface area is 124 Å². The van der Waals surface area contributed by atoms with Crippen LogP contribution in [0.15, 0.2) is 0 Å². The summed E-state index contributed by atoms with van der Waals surface area (Å²) in [4.78, 5) is 11.7. The zero-order chi connectivity index (χ0) is 15.3. The first-order valence-electron chi connectivity index (χ1n) is 7.89. The third-order valence-electron chi connectivity index (χ3n) is 3.88. The second kappa shape index (κ2) is 7.30. The maximum Gasteiger partial charge on any atom is 0.407 e. The van der Waals surface area contributed by atoms with Crippen molar-refractivity contribution in [2.75, 3.05) is 13.1 Å². The quantitative estimate of drug-likeness (QED) is 0.755. The van der Waals surface area contributed by atoms with Gasteiger partial charge in [0.05, 0.1) is 0 Å². The standard InChI is InChI=1S/C16H32N2O2/c1-11(2)14(9-17-12(3)13-7-8-13)10-18-15(19)20-16(4,5)6/h11-14,17H,7-10H2,1-6H3,(H,18,19). The lowest BCUT2D eigenvalue weighted by atomic mass is 9.95. The van der Waals surface area contributed by atoms with Crippen molar-refractivity contribution in [1.82, 2.24) is 10.6 Å². The Morgan fingerprint density at radius 1 is 1.20 bits per heavy atom. The molecule has 4 nitrogen and oxygen atoms in total. The summed E-state index contributed by atoms with van der Waals surface area (Å²) in [5.41, 5.74) is -0.434. The molecule has 0 aromatic heterocycles. The number of ether oxygens (including phenoxy) is 1. The van der Waals surface area contributed by atoms with Crippen molar-refractivity contribution < 1.29 is 9.53 Å². The molecule has 1 fully saturated rings. The molecule has 0 heterocycles. The average Bonchev–Trinajstić information content (AvgIpc) is 3.09. The van der Waals surface area contributed by atoms with Gasteiger partial charge in [0.15, 0.2) is 0 Å². The molecule has 1 saturated carbocycles. The summed E-state index contributed by atoms with van der Waals surface area (Å²) in [7, 11) is 0. The predicted molar refractivity (Wildman–Crippen MR) is 82.8 cm³/mol. The van der Waals surface area contributed by atoms with Crippen LogP contribution in [0.3, 0.4) is 0 Å². The fraction of sp³-hybridized carbons (Fsp3) is 0.938. The molecule has 0 aliphatic heterocycles. The Hall–Kier alpha value is -0.770. The van der Waals surface area contributed by atoms with E-state index in [1.807, 2.05) is 20.8 Å². The molecular formula is C16H32N2O2. The molecule has 0 aromatic carbocycles. The molecule has 1 rings (SSSR count). The van der Waals surface area contributed by atoms with Gasteiger partial charge in [-0.1, -0.05) is 13.8 Å². The van der Waals surface area contributed by atoms with Crippen LogP contribution in [-0.4, -0.2) is 30.8 Å². The number of amides is 1. The maximum absolute atomic E-state index is 11.7. The van der Waals surface area contributed by atoms with Crippen LogP contribution < -0.4 is 10.6 Å². The predicted octanol–water partition coefficient (Wildman–Crippen LogP) is 3.17. The van der Waals surface area contributed by atoms with Crippen LogP contribution in [0.5, 0.6) is 0 Å². The Morgan fingerprint density at radius 2 is 1.80 bits per heavy atom. The lowest BCUT2D eigenvalue weighted by Gasteiger charge is -2.25. The van der Waals surface area contributed by atoms with Gasteiger partial charge in [-0.3, -0.25) is 0 Å². The summed E-state index contributed by atoms with van der Waals surface area (Å²) in [5, 5.41) is 6.49. The van der Waals surface area contributed by atoms with Crippen LogP contribution in [0, 0.1) is 17.8 Å². The highest BCUT2D eigenvalue weighted by molar-refractivity contribution is 5.67. The van der Waals surface area contributed by atoms with Gasteiger partial charge in [0.25, 0.3) is 0 Å². The first kappa shape index (κ1) is 17.3. The number of carbonyl (C=O) groups is 1. The molecule has 1 amide bonds. The van der Waals surface area contributed by atoms with E-state index in [9.17, 15) is 4.79 Å². The fourth-order valence-electron chi connectivity index (χ4n) is 2.17. The molecule has 1 aliphatic rings. The number of nitrogens with one attached hydrogen (secondary N) is 2. The van der Waals surface area contributed by atoms with Crippen molar-refractivity contribution in [3.63, 3.8) is 0 Å². The molecule has 1 aliphatic carbocycles. The van der Waals surface area contributed by atoms with Crippen molar-refractivity contribution in [3.8, 4) is 0 Å². The lowest BCUT2D eigenvalue weighted by Crippen LogP contribution is -2.41. The van der Waals surface area contributed by atoms with E-state index in [0.717, 1.165) is 12.5 Å². The summed E-state index contributed by atoms with van der Waals surface area (Å²) in [6, 6.07) is 0.595. The third-order valence-corrected chi connectivity index (χ3v) is 3.88. The van der Waals surface area contributed by atoms with Gasteiger partial charge in [-0.15, -0.1) is 0 Å². The van der Waals surface area contributed by atoms with Crippen molar-refractivity contribution in [1.29, 1.82) is 0 Å². The first-order chi connectivity index (χ1) is 9.19. The van der Waals surface area contributed by atoms with Crippen LogP contribution in [0.4, 0.5) is 4.79 Å². The summed E-state index contributed by atoms with van der Waals surface area (Å²) < 4.78 is 5.27. The van der Waals surface area contributed by atoms with Gasteiger partial charge in [-0.05, 0) is 58.3 Å². The Balaban J connectivity index is 2.29. The summed E-state index contributed by atoms with van der Waals surface area (Å²) in [5.74, 6) is 1.83. The number of alkyl carbamates (subject to hydrolysis) is 1. The third kappa shape index (κ3) is 7.13. The van der Waals surface area contributed by atoms with Crippen molar-refractivity contribution >= 4 is 6.09 Å². The molecule has 0 bridgehead atoms. The number of carbonyl (C=O) groups excluding carboxylic acids is 1. The van der Waals surface area contributed by atoms with Crippen molar-refractivity contribution in [2.45, 2.75) is 66.0 Å². The van der Waals surface area contributed by atoms with Crippen LogP contribution in [0.25, 0.3) is 0 Å². The minimum atomic E-state index is -0.434. The SMILES string of the molecule is CC(C)C(CNC(=O)OC(C)(C)C)CNC(C)C1CC1. The highest BCUT2D eigenvalue weighted by Gasteiger charge is 2.28. The van der Waals surface area contributed by atoms with E-state index in [0.29, 0.717) is 24.4 Å². The molecule has 0 spiro atoms. The zero-order valence-electron chi connectivity index (χ0n) is 14.0. The molecule has 4 heteroatoms. The molecule has 2 N–H and O–H groups in total. The maximum atomic E-state index is 11.7. The highest BCUT2D eigenvalue weighted by Crippen LogP contribution is 2.32. The van der Waals surface area contributed by atoms with Crippen molar-refractivity contribution in [3.05, 3.63) is 0 Å². The minimum Gasteiger partial charge on any atom is -0.444 e. The number of hydrogen-bond acceptors (Lipinski definition) is 3. The van der Waals surface area contributed by atoms with Gasteiger partial charge in [-0.25, -0.2) is 4.79 Å². The summed E-state index contributed by atoms with van der Waals surface area (Å²) in [6.07, 6.45) is 2.39. The second-order valence-corrected chi connectivity index (χ2v) is 7.42. The topological polar surface area (TPSA) is 50.4 Å². The normalized spacial score (nSPS) is 18.8. The lowest BCUT2D eigenvalue weighted by molar-refractivity contribution is 0.0514. The Morgan fingerprint density at radius 3 is 2.25 bits per heavy atom. The van der Waals surface area contributed by atoms with Crippen LogP contribution >= 0.6 is 0 Å². The zero-order valence-corrected chi connectivity index (χ0v) is 14.0. The van der Waals surface area contributed by atoms with E-state index in [-0.39, 0.29) is 6.09 Å². The Kier molecular flexibility index (Phi) is 6.31. The van der Waals surface area contributed by atoms with Crippen LogP contribution in [0.2, 0.25) is 0 Å². The highest BCUT2D eigenvalue weighted by atomic mass is 16.6. The average molecular weight is 284 g/mol. The van der Waals surface area contributed by atoms with Gasteiger partial charge in [0.1, 0.15) is 5.60 Å². The van der Waals surface area contributed by atoms with E-state index in [1.54, 1.807) is 0 Å². The van der Waals surface area contributed by atoms with E-state index in [2.05, 4.69) is 31.4 Å². The van der Waals surface area contributed by atoms with E-state index >= 15 is 0 Å². The van der Waals surface area contributed by atoms with E-state index in [4.69, 9.17) is 4.74 Å². The van der Waals surface area contributed by atoms with Gasteiger partial charge in [-0.2, -0.15) is 0 Å². The fourth-order valence-corrected chi connectivity index (χ4v) is 2.17. The first-order valence-corrected chi connectivity index (χ1v) is 7.89. The van der Waals surface area contributed by atoms with Gasteiger partial charge < -0.3 is 15.4 Å². The van der Waals surface area contributed by atoms with Gasteiger partial charge in [0.2, 0.25) is 0 Å². The molecule has 2 unspecified atom stereocenters. The molecule has 20 heavy (non-hydrogen) atoms. The molecular weight excluding hydrogens is 252 g/mol. The van der Waals surface area contributed by atoms with Crippen molar-refractivity contribution in [2.24, 2.45) is 17.8 Å². The summed E-state index contributed by atoms with van der Waals surface area (Å²) >= 11 is 0. The smallest absolute Gasteiger partial charge is 0.407 e. The van der Waals surface area contributed by atoms with Crippen LogP contribution in [-0.2, 0) is 4.74 Å². The Bertz CT molecular complexity index is 306. The number of rotatable bonds is 7. The minimum absolute atomic E-state index is 0.321. The molecule has 0 aromatic rings. The largest absolute Gasteiger partial charge is 0.444 e. The molecule has 118 valence electrons. The van der Waals surface area contributed by atoms with Gasteiger partial charge in [0, 0.05) is 19.1 Å². The summed E-state index contributed by atoms with van der Waals surface area (Å²) in [6.45, 7) is 13.9. The van der Waals surface area contributed by atoms with Crippen LogP contribution in [0.1, 0.15) is 54.4 Å². The monoisotopic (exact) mass is 284 g/mol. The van der Waals surface area contributed by atoms with E-state index in [1.165, 1.54) is 12.8 Å². The molecule has 0 radical (unpaired) electrons.